The van der Waals surface area contributed by atoms with Crippen LogP contribution in [0.15, 0.2) is 10.7 Å². The second kappa shape index (κ2) is 5.22. The van der Waals surface area contributed by atoms with E-state index in [9.17, 15) is 10.1 Å². The van der Waals surface area contributed by atoms with Crippen LogP contribution in [-0.4, -0.2) is 27.4 Å². The Kier molecular flexibility index (Phi) is 4.22. The van der Waals surface area contributed by atoms with Gasteiger partial charge in [-0.2, -0.15) is 4.68 Å². The van der Waals surface area contributed by atoms with Crippen LogP contribution in [0.2, 0.25) is 0 Å². The molecule has 0 aliphatic rings. The van der Waals surface area contributed by atoms with Crippen molar-refractivity contribution in [3.63, 3.8) is 0 Å². The molecule has 0 aliphatic heterocycles. The molecule has 0 fully saturated rings. The zero-order valence-corrected chi connectivity index (χ0v) is 10.1. The van der Waals surface area contributed by atoms with Crippen molar-refractivity contribution in [2.75, 3.05) is 6.61 Å². The van der Waals surface area contributed by atoms with Crippen LogP contribution < -0.4 is 0 Å². The van der Waals surface area contributed by atoms with E-state index >= 15 is 0 Å². The minimum absolute atomic E-state index is 0.152. The predicted octanol–water partition coefficient (Wildman–Crippen LogP) is 1.98. The molecule has 0 aliphatic carbocycles. The molecule has 0 bridgehead atoms. The third-order valence-corrected chi connectivity index (χ3v) is 2.20. The number of halogens is 1. The third-order valence-electron chi connectivity index (χ3n) is 1.64. The van der Waals surface area contributed by atoms with Crippen molar-refractivity contribution in [1.29, 1.82) is 0 Å². The summed E-state index contributed by atoms with van der Waals surface area (Å²) in [4.78, 5) is 9.96. The van der Waals surface area contributed by atoms with Crippen molar-refractivity contribution in [2.24, 2.45) is 0 Å². The fraction of sp³-hybridized carbons (Fsp3) is 0.625. The highest BCUT2D eigenvalue weighted by Gasteiger charge is 2.18. The van der Waals surface area contributed by atoms with Gasteiger partial charge in [0.05, 0.1) is 30.6 Å². The van der Waals surface area contributed by atoms with Crippen LogP contribution in [-0.2, 0) is 11.3 Å². The van der Waals surface area contributed by atoms with Gasteiger partial charge in [-0.25, -0.2) is 0 Å². The van der Waals surface area contributed by atoms with Gasteiger partial charge in [0.2, 0.25) is 0 Å². The van der Waals surface area contributed by atoms with Crippen LogP contribution in [0.5, 0.6) is 0 Å². The number of nitrogens with zero attached hydrogens (tertiary/aromatic N) is 3. The first kappa shape index (κ1) is 12.1. The Morgan fingerprint density at radius 1 is 1.73 bits per heavy atom. The Bertz CT molecular complexity index is 351. The van der Waals surface area contributed by atoms with Crippen molar-refractivity contribution >= 4 is 21.7 Å². The molecule has 0 atom stereocenters. The molecule has 1 rings (SSSR count). The molecule has 0 unspecified atom stereocenters. The summed E-state index contributed by atoms with van der Waals surface area (Å²) in [6, 6.07) is 0. The van der Waals surface area contributed by atoms with Crippen LogP contribution in [0.3, 0.4) is 0 Å². The maximum absolute atomic E-state index is 10.5. The minimum Gasteiger partial charge on any atom is -0.377 e. The highest BCUT2D eigenvalue weighted by atomic mass is 79.9. The fourth-order valence-corrected chi connectivity index (χ4v) is 1.47. The van der Waals surface area contributed by atoms with Gasteiger partial charge in [-0.05, 0) is 34.7 Å². The van der Waals surface area contributed by atoms with E-state index in [1.165, 1.54) is 4.68 Å². The monoisotopic (exact) mass is 277 g/mol. The lowest BCUT2D eigenvalue weighted by atomic mass is 10.5. The second-order valence-corrected chi connectivity index (χ2v) is 4.09. The normalized spacial score (nSPS) is 10.9. The summed E-state index contributed by atoms with van der Waals surface area (Å²) >= 11 is 3.07. The number of aromatic nitrogens is 2. The summed E-state index contributed by atoms with van der Waals surface area (Å²) in [7, 11) is 0. The molecule has 7 heteroatoms. The molecule has 0 amide bonds. The average Bonchev–Trinajstić information content (AvgIpc) is 2.46. The van der Waals surface area contributed by atoms with Gasteiger partial charge < -0.3 is 14.9 Å². The highest BCUT2D eigenvalue weighted by molar-refractivity contribution is 9.10. The molecule has 15 heavy (non-hydrogen) atoms. The predicted molar refractivity (Wildman–Crippen MR) is 57.7 cm³/mol. The topological polar surface area (TPSA) is 70.2 Å². The average molecular weight is 278 g/mol. The molecule has 0 saturated carbocycles. The number of hydrogen-bond acceptors (Lipinski definition) is 4. The largest absolute Gasteiger partial charge is 0.404 e. The van der Waals surface area contributed by atoms with Crippen molar-refractivity contribution in [3.8, 4) is 0 Å². The lowest BCUT2D eigenvalue weighted by Crippen LogP contribution is -2.10. The van der Waals surface area contributed by atoms with Gasteiger partial charge in [-0.1, -0.05) is 0 Å². The van der Waals surface area contributed by atoms with Crippen LogP contribution in [0.1, 0.15) is 13.8 Å². The van der Waals surface area contributed by atoms with Gasteiger partial charge in [0.25, 0.3) is 0 Å². The second-order valence-electron chi connectivity index (χ2n) is 3.24. The van der Waals surface area contributed by atoms with E-state index in [1.807, 2.05) is 13.8 Å². The Morgan fingerprint density at radius 3 is 2.87 bits per heavy atom. The van der Waals surface area contributed by atoms with Crippen LogP contribution >= 0.6 is 15.9 Å². The maximum Gasteiger partial charge on any atom is 0.404 e. The van der Waals surface area contributed by atoms with Crippen LogP contribution in [0.4, 0.5) is 5.82 Å². The van der Waals surface area contributed by atoms with Gasteiger partial charge in [0.15, 0.2) is 0 Å². The molecule has 1 aromatic rings. The van der Waals surface area contributed by atoms with Gasteiger partial charge in [-0.3, -0.25) is 0 Å². The van der Waals surface area contributed by atoms with E-state index in [0.29, 0.717) is 17.6 Å². The quantitative estimate of drug-likeness (QED) is 0.610. The zero-order chi connectivity index (χ0) is 11.4. The van der Waals surface area contributed by atoms with Gasteiger partial charge in [0, 0.05) is 0 Å². The Hall–Kier alpha value is -0.950. The number of rotatable bonds is 5. The Morgan fingerprint density at radius 2 is 2.40 bits per heavy atom. The summed E-state index contributed by atoms with van der Waals surface area (Å²) in [6.07, 6.45) is 1.72. The van der Waals surface area contributed by atoms with E-state index in [2.05, 4.69) is 21.0 Å². The lowest BCUT2D eigenvalue weighted by Gasteiger charge is -2.04. The van der Waals surface area contributed by atoms with E-state index in [1.54, 1.807) is 6.20 Å². The number of hydrogen-bond donors (Lipinski definition) is 0. The highest BCUT2D eigenvalue weighted by Crippen LogP contribution is 2.21. The molecule has 1 aromatic heterocycles. The Balaban J connectivity index is 2.56. The lowest BCUT2D eigenvalue weighted by molar-refractivity contribution is -0.390. The van der Waals surface area contributed by atoms with E-state index < -0.39 is 4.92 Å². The molecule has 1 heterocycles. The van der Waals surface area contributed by atoms with Gasteiger partial charge in [-0.15, -0.1) is 0 Å². The molecular weight excluding hydrogens is 266 g/mol. The van der Waals surface area contributed by atoms with Crippen molar-refractivity contribution in [2.45, 2.75) is 26.5 Å². The fourth-order valence-electron chi connectivity index (χ4n) is 1.01. The summed E-state index contributed by atoms with van der Waals surface area (Å²) in [5, 5.41) is 14.3. The molecular formula is C8H12BrN3O3. The smallest absolute Gasteiger partial charge is 0.377 e. The first-order chi connectivity index (χ1) is 7.00. The van der Waals surface area contributed by atoms with Crippen molar-refractivity contribution in [1.82, 2.24) is 9.78 Å². The summed E-state index contributed by atoms with van der Waals surface area (Å²) < 4.78 is 7.19. The van der Waals surface area contributed by atoms with Crippen LogP contribution in [0, 0.1) is 10.1 Å². The molecule has 84 valence electrons. The molecule has 0 radical (unpaired) electrons. The molecule has 0 N–H and O–H groups in total. The first-order valence-corrected chi connectivity index (χ1v) is 5.29. The van der Waals surface area contributed by atoms with E-state index in [4.69, 9.17) is 4.74 Å². The molecule has 0 saturated heterocycles. The zero-order valence-electron chi connectivity index (χ0n) is 8.51. The standard InChI is InChI=1S/C8H12BrN3O3/c1-6(2)15-4-3-11-5-7(9)8(10-11)12(13)14/h5-6H,3-4H2,1-2H3. The van der Waals surface area contributed by atoms with Crippen molar-refractivity contribution < 1.29 is 9.66 Å². The molecule has 6 nitrogen and oxygen atoms in total. The van der Waals surface area contributed by atoms with Gasteiger partial charge >= 0.3 is 5.82 Å². The SMILES string of the molecule is CC(C)OCCn1cc(Br)c([N+](=O)[O-])n1. The molecule has 0 spiro atoms. The van der Waals surface area contributed by atoms with Gasteiger partial charge in [0.1, 0.15) is 4.47 Å². The van der Waals surface area contributed by atoms with Crippen LogP contribution in [0.25, 0.3) is 0 Å². The third kappa shape index (κ3) is 3.60. The van der Waals surface area contributed by atoms with E-state index in [-0.39, 0.29) is 11.9 Å². The summed E-state index contributed by atoms with van der Waals surface area (Å²) in [6.45, 7) is 4.86. The summed E-state index contributed by atoms with van der Waals surface area (Å²) in [5.74, 6) is -0.167. The number of ether oxygens (including phenoxy) is 1. The minimum atomic E-state index is -0.524. The Labute approximate surface area is 95.5 Å². The maximum atomic E-state index is 10.5. The molecule has 0 aromatic carbocycles. The van der Waals surface area contributed by atoms with Crippen molar-refractivity contribution in [3.05, 3.63) is 20.8 Å². The number of nitro groups is 1. The summed E-state index contributed by atoms with van der Waals surface area (Å²) in [5.41, 5.74) is 0. The first-order valence-electron chi connectivity index (χ1n) is 4.49. The van der Waals surface area contributed by atoms with E-state index in [0.717, 1.165) is 0 Å².